The fraction of sp³-hybridized carbons (Fsp3) is 0.455. The number of methoxy groups -OCH3 is 1. The molecule has 0 fully saturated rings. The van der Waals surface area contributed by atoms with E-state index in [2.05, 4.69) is 4.72 Å². The highest BCUT2D eigenvalue weighted by Crippen LogP contribution is 2.17. The monoisotopic (exact) mass is 295 g/mol. The molecule has 0 bridgehead atoms. The average molecular weight is 296 g/mol. The van der Waals surface area contributed by atoms with E-state index in [-0.39, 0.29) is 18.5 Å². The lowest BCUT2D eigenvalue weighted by molar-refractivity contribution is 0.122. The molecule has 1 rings (SSSR count). The van der Waals surface area contributed by atoms with Crippen LogP contribution >= 0.6 is 11.6 Å². The van der Waals surface area contributed by atoms with E-state index in [9.17, 15) is 12.8 Å². The van der Waals surface area contributed by atoms with Crippen molar-refractivity contribution in [1.29, 1.82) is 0 Å². The van der Waals surface area contributed by atoms with Crippen LogP contribution in [0.3, 0.4) is 0 Å². The third-order valence-corrected chi connectivity index (χ3v) is 4.15. The van der Waals surface area contributed by atoms with E-state index in [1.807, 2.05) is 0 Å². The lowest BCUT2D eigenvalue weighted by Crippen LogP contribution is -2.32. The van der Waals surface area contributed by atoms with Gasteiger partial charge in [0.1, 0.15) is 10.7 Å². The largest absolute Gasteiger partial charge is 0.380 e. The third kappa shape index (κ3) is 3.91. The fourth-order valence-electron chi connectivity index (χ4n) is 1.22. The molecule has 18 heavy (non-hydrogen) atoms. The summed E-state index contributed by atoms with van der Waals surface area (Å²) in [5.74, 6) is -0.682. The highest BCUT2D eigenvalue weighted by molar-refractivity contribution is 7.89. The van der Waals surface area contributed by atoms with Gasteiger partial charge in [0.05, 0.1) is 6.10 Å². The summed E-state index contributed by atoms with van der Waals surface area (Å²) in [6, 6.07) is 3.76. The topological polar surface area (TPSA) is 55.4 Å². The maximum Gasteiger partial charge on any atom is 0.243 e. The Hall–Kier alpha value is -0.690. The molecule has 0 aliphatic rings. The minimum Gasteiger partial charge on any atom is -0.380 e. The molecular formula is C11H15ClFNO3S. The van der Waals surface area contributed by atoms with Crippen molar-refractivity contribution in [2.45, 2.75) is 23.8 Å². The molecule has 7 heteroatoms. The Morgan fingerprint density at radius 1 is 1.50 bits per heavy atom. The first-order valence-electron chi connectivity index (χ1n) is 5.27. The van der Waals surface area contributed by atoms with Crippen LogP contribution in [0.5, 0.6) is 0 Å². The molecule has 1 aromatic rings. The standard InChI is InChI=1S/C11H15ClFNO3S/c1-8(17-2)7-14-18(15,16)11-5-9(6-12)3-4-10(11)13/h3-5,8,14H,6-7H2,1-2H3. The molecule has 102 valence electrons. The number of hydrogen-bond acceptors (Lipinski definition) is 3. The van der Waals surface area contributed by atoms with Gasteiger partial charge in [0.15, 0.2) is 0 Å². The molecule has 0 saturated carbocycles. The maximum atomic E-state index is 13.5. The van der Waals surface area contributed by atoms with Crippen molar-refractivity contribution in [1.82, 2.24) is 4.72 Å². The van der Waals surface area contributed by atoms with Crippen LogP contribution in [-0.2, 0) is 20.6 Å². The van der Waals surface area contributed by atoms with Gasteiger partial charge in [-0.15, -0.1) is 11.6 Å². The summed E-state index contributed by atoms with van der Waals surface area (Å²) >= 11 is 5.59. The van der Waals surface area contributed by atoms with E-state index in [0.29, 0.717) is 5.56 Å². The molecule has 0 aromatic heterocycles. The molecule has 0 amide bonds. The van der Waals surface area contributed by atoms with Gasteiger partial charge in [-0.2, -0.15) is 0 Å². The van der Waals surface area contributed by atoms with Crippen molar-refractivity contribution in [2.75, 3.05) is 13.7 Å². The van der Waals surface area contributed by atoms with E-state index in [1.54, 1.807) is 6.92 Å². The molecule has 4 nitrogen and oxygen atoms in total. The predicted octanol–water partition coefficient (Wildman–Crippen LogP) is 1.88. The van der Waals surface area contributed by atoms with E-state index < -0.39 is 20.7 Å². The molecule has 0 saturated heterocycles. The maximum absolute atomic E-state index is 13.5. The Bertz CT molecular complexity index is 507. The Morgan fingerprint density at radius 3 is 2.72 bits per heavy atom. The third-order valence-electron chi connectivity index (χ3n) is 2.40. The zero-order valence-corrected chi connectivity index (χ0v) is 11.7. The number of nitrogens with one attached hydrogen (secondary N) is 1. The molecule has 0 radical (unpaired) electrons. The lowest BCUT2D eigenvalue weighted by atomic mass is 10.2. The SMILES string of the molecule is COC(C)CNS(=O)(=O)c1cc(CCl)ccc1F. The number of sulfonamides is 1. The zero-order valence-electron chi connectivity index (χ0n) is 10.1. The normalized spacial score (nSPS) is 13.6. The summed E-state index contributed by atoms with van der Waals surface area (Å²) in [6.07, 6.45) is -0.293. The Balaban J connectivity index is 2.97. The molecule has 1 aromatic carbocycles. The van der Waals surface area contributed by atoms with Gasteiger partial charge in [0.25, 0.3) is 0 Å². The van der Waals surface area contributed by atoms with E-state index in [4.69, 9.17) is 16.3 Å². The molecule has 1 unspecified atom stereocenters. The van der Waals surface area contributed by atoms with Crippen LogP contribution in [0.15, 0.2) is 23.1 Å². The second-order valence-corrected chi connectivity index (χ2v) is 5.80. The van der Waals surface area contributed by atoms with Crippen molar-refractivity contribution < 1.29 is 17.5 Å². The van der Waals surface area contributed by atoms with Crippen LogP contribution in [0.4, 0.5) is 4.39 Å². The van der Waals surface area contributed by atoms with Gasteiger partial charge in [0.2, 0.25) is 10.0 Å². The van der Waals surface area contributed by atoms with Crippen LogP contribution in [0.1, 0.15) is 12.5 Å². The van der Waals surface area contributed by atoms with Crippen LogP contribution in [0.25, 0.3) is 0 Å². The van der Waals surface area contributed by atoms with Crippen molar-refractivity contribution in [3.8, 4) is 0 Å². The molecule has 0 aliphatic carbocycles. The van der Waals surface area contributed by atoms with Crippen molar-refractivity contribution in [3.05, 3.63) is 29.6 Å². The molecular weight excluding hydrogens is 281 g/mol. The number of ether oxygens (including phenoxy) is 1. The van der Waals surface area contributed by atoms with Gasteiger partial charge in [-0.25, -0.2) is 17.5 Å². The molecule has 1 atom stereocenters. The predicted molar refractivity (Wildman–Crippen MR) is 67.6 cm³/mol. The Kier molecular flexibility index (Phi) is 5.52. The van der Waals surface area contributed by atoms with Crippen LogP contribution in [-0.4, -0.2) is 28.2 Å². The first-order valence-corrected chi connectivity index (χ1v) is 7.29. The highest BCUT2D eigenvalue weighted by atomic mass is 35.5. The van der Waals surface area contributed by atoms with E-state index in [1.165, 1.54) is 19.2 Å². The van der Waals surface area contributed by atoms with Gasteiger partial charge in [-0.3, -0.25) is 0 Å². The van der Waals surface area contributed by atoms with E-state index in [0.717, 1.165) is 6.07 Å². The zero-order chi connectivity index (χ0) is 13.8. The first kappa shape index (κ1) is 15.4. The summed E-state index contributed by atoms with van der Waals surface area (Å²) in [5, 5.41) is 0. The summed E-state index contributed by atoms with van der Waals surface area (Å²) in [7, 11) is -2.43. The van der Waals surface area contributed by atoms with Crippen molar-refractivity contribution in [3.63, 3.8) is 0 Å². The highest BCUT2D eigenvalue weighted by Gasteiger charge is 2.20. The fourth-order valence-corrected chi connectivity index (χ4v) is 2.63. The Morgan fingerprint density at radius 2 is 2.17 bits per heavy atom. The number of hydrogen-bond donors (Lipinski definition) is 1. The minimum absolute atomic E-state index is 0.0728. The quantitative estimate of drug-likeness (QED) is 0.815. The number of benzene rings is 1. The lowest BCUT2D eigenvalue weighted by Gasteiger charge is -2.12. The first-order chi connectivity index (χ1) is 8.40. The number of halogens is 2. The van der Waals surface area contributed by atoms with Crippen molar-refractivity contribution >= 4 is 21.6 Å². The van der Waals surface area contributed by atoms with Crippen LogP contribution in [0.2, 0.25) is 0 Å². The van der Waals surface area contributed by atoms with Gasteiger partial charge >= 0.3 is 0 Å². The molecule has 1 N–H and O–H groups in total. The number of rotatable bonds is 6. The molecule has 0 heterocycles. The molecule has 0 aliphatic heterocycles. The summed E-state index contributed by atoms with van der Waals surface area (Å²) in [5.41, 5.74) is 0.540. The Labute approximate surface area is 111 Å². The van der Waals surface area contributed by atoms with E-state index >= 15 is 0 Å². The summed E-state index contributed by atoms with van der Waals surface area (Å²) < 4.78 is 44.5. The van der Waals surface area contributed by atoms with Gasteiger partial charge in [-0.05, 0) is 24.6 Å². The minimum atomic E-state index is -3.89. The van der Waals surface area contributed by atoms with Crippen molar-refractivity contribution in [2.24, 2.45) is 0 Å². The average Bonchev–Trinajstić information content (AvgIpc) is 2.36. The van der Waals surface area contributed by atoms with Crippen LogP contribution in [0, 0.1) is 5.82 Å². The summed E-state index contributed by atoms with van der Waals surface area (Å²) in [6.45, 7) is 1.78. The van der Waals surface area contributed by atoms with Gasteiger partial charge in [-0.1, -0.05) is 6.07 Å². The second-order valence-electron chi connectivity index (χ2n) is 3.80. The van der Waals surface area contributed by atoms with Gasteiger partial charge in [0, 0.05) is 19.5 Å². The van der Waals surface area contributed by atoms with Gasteiger partial charge < -0.3 is 4.74 Å². The summed E-state index contributed by atoms with van der Waals surface area (Å²) in [4.78, 5) is -0.399. The smallest absolute Gasteiger partial charge is 0.243 e. The van der Waals surface area contributed by atoms with Crippen LogP contribution < -0.4 is 4.72 Å². The number of alkyl halides is 1. The second kappa shape index (κ2) is 6.47. The molecule has 0 spiro atoms.